The highest BCUT2D eigenvalue weighted by molar-refractivity contribution is 6.30. The first-order valence-electron chi connectivity index (χ1n) is 7.66. The van der Waals surface area contributed by atoms with Crippen LogP contribution in [0.1, 0.15) is 16.7 Å². The Balaban J connectivity index is 1.58. The number of hydrogen-bond acceptors (Lipinski definition) is 5. The van der Waals surface area contributed by atoms with Crippen LogP contribution in [0.15, 0.2) is 54.7 Å². The molecule has 0 bridgehead atoms. The van der Waals surface area contributed by atoms with E-state index in [0.29, 0.717) is 24.9 Å². The number of nitrogens with zero attached hydrogens (tertiary/aromatic N) is 3. The van der Waals surface area contributed by atoms with Gasteiger partial charge in [0.05, 0.1) is 6.20 Å². The highest BCUT2D eigenvalue weighted by atomic mass is 35.5. The number of rotatable bonds is 6. The predicted octanol–water partition coefficient (Wildman–Crippen LogP) is 4.06. The summed E-state index contributed by atoms with van der Waals surface area (Å²) in [4.78, 5) is 4.42. The fraction of sp³-hybridized carbons (Fsp3) is 0.167. The molecule has 24 heavy (non-hydrogen) atoms. The molecule has 0 radical (unpaired) electrons. The van der Waals surface area contributed by atoms with Crippen LogP contribution in [-0.4, -0.2) is 15.2 Å². The van der Waals surface area contributed by atoms with Crippen LogP contribution in [0.25, 0.3) is 0 Å². The quantitative estimate of drug-likeness (QED) is 0.709. The zero-order valence-corrected chi connectivity index (χ0v) is 14.1. The Morgan fingerprint density at radius 1 is 0.958 bits per heavy atom. The lowest BCUT2D eigenvalue weighted by Crippen LogP contribution is -2.08. The average Bonchev–Trinajstić information content (AvgIpc) is 2.60. The van der Waals surface area contributed by atoms with Gasteiger partial charge in [-0.05, 0) is 30.2 Å². The molecule has 6 heteroatoms. The lowest BCUT2D eigenvalue weighted by molar-refractivity contribution is 0.937. The minimum absolute atomic E-state index is 0.485. The van der Waals surface area contributed by atoms with Gasteiger partial charge in [-0.1, -0.05) is 53.6 Å². The van der Waals surface area contributed by atoms with E-state index in [9.17, 15) is 0 Å². The number of nitrogens with one attached hydrogen (secondary N) is 2. The van der Waals surface area contributed by atoms with Gasteiger partial charge >= 0.3 is 0 Å². The summed E-state index contributed by atoms with van der Waals surface area (Å²) >= 11 is 5.88. The fourth-order valence-electron chi connectivity index (χ4n) is 2.26. The first kappa shape index (κ1) is 16.2. The van der Waals surface area contributed by atoms with Crippen molar-refractivity contribution < 1.29 is 0 Å². The molecule has 1 aromatic heterocycles. The van der Waals surface area contributed by atoms with Gasteiger partial charge in [-0.25, -0.2) is 0 Å². The number of aryl methyl sites for hydroxylation is 1. The molecule has 0 aliphatic rings. The molecule has 2 aromatic carbocycles. The van der Waals surface area contributed by atoms with Gasteiger partial charge in [0.25, 0.3) is 0 Å². The lowest BCUT2D eigenvalue weighted by Gasteiger charge is -2.08. The molecule has 1 heterocycles. The molecule has 2 N–H and O–H groups in total. The second-order valence-corrected chi connectivity index (χ2v) is 5.92. The summed E-state index contributed by atoms with van der Waals surface area (Å²) in [7, 11) is 0. The summed E-state index contributed by atoms with van der Waals surface area (Å²) in [5, 5.41) is 15.1. The number of halogens is 1. The van der Waals surface area contributed by atoms with Gasteiger partial charge in [0.2, 0.25) is 5.95 Å². The van der Waals surface area contributed by atoms with E-state index in [1.807, 2.05) is 30.3 Å². The minimum Gasteiger partial charge on any atom is -0.365 e. The van der Waals surface area contributed by atoms with Crippen LogP contribution in [0.2, 0.25) is 5.02 Å². The number of benzene rings is 2. The van der Waals surface area contributed by atoms with Crippen molar-refractivity contribution in [2.45, 2.75) is 20.0 Å². The molecule has 0 unspecified atom stereocenters. The van der Waals surface area contributed by atoms with E-state index < -0.39 is 0 Å². The third-order valence-electron chi connectivity index (χ3n) is 3.48. The van der Waals surface area contributed by atoms with Gasteiger partial charge in [-0.3, -0.25) is 0 Å². The summed E-state index contributed by atoms with van der Waals surface area (Å²) < 4.78 is 0. The van der Waals surface area contributed by atoms with Crippen LogP contribution in [-0.2, 0) is 13.1 Å². The van der Waals surface area contributed by atoms with E-state index in [2.05, 4.69) is 50.9 Å². The van der Waals surface area contributed by atoms with Crippen molar-refractivity contribution >= 4 is 23.4 Å². The summed E-state index contributed by atoms with van der Waals surface area (Å²) in [5.74, 6) is 1.17. The summed E-state index contributed by atoms with van der Waals surface area (Å²) in [6.07, 6.45) is 1.61. The molecular weight excluding hydrogens is 322 g/mol. The number of aromatic nitrogens is 3. The third-order valence-corrected chi connectivity index (χ3v) is 3.73. The first-order valence-corrected chi connectivity index (χ1v) is 8.04. The monoisotopic (exact) mass is 339 g/mol. The van der Waals surface area contributed by atoms with Crippen molar-refractivity contribution in [3.63, 3.8) is 0 Å². The molecule has 0 spiro atoms. The molecule has 0 fully saturated rings. The fourth-order valence-corrected chi connectivity index (χ4v) is 2.39. The molecule has 0 aliphatic heterocycles. The Labute approximate surface area is 146 Å². The molecule has 5 nitrogen and oxygen atoms in total. The Hall–Kier alpha value is -2.66. The van der Waals surface area contributed by atoms with Crippen LogP contribution in [0.4, 0.5) is 11.8 Å². The predicted molar refractivity (Wildman–Crippen MR) is 97.1 cm³/mol. The van der Waals surface area contributed by atoms with Crippen LogP contribution in [0, 0.1) is 6.92 Å². The Morgan fingerprint density at radius 2 is 1.75 bits per heavy atom. The maximum Gasteiger partial charge on any atom is 0.244 e. The average molecular weight is 340 g/mol. The zero-order chi connectivity index (χ0) is 16.8. The Bertz CT molecular complexity index is 805. The number of anilines is 2. The van der Waals surface area contributed by atoms with Crippen molar-refractivity contribution in [2.75, 3.05) is 10.6 Å². The van der Waals surface area contributed by atoms with Gasteiger partial charge in [-0.2, -0.15) is 10.1 Å². The van der Waals surface area contributed by atoms with Crippen molar-refractivity contribution in [2.24, 2.45) is 0 Å². The molecule has 0 saturated carbocycles. The minimum atomic E-state index is 0.485. The molecule has 3 aromatic rings. The molecule has 0 aliphatic carbocycles. The Morgan fingerprint density at radius 3 is 2.54 bits per heavy atom. The summed E-state index contributed by atoms with van der Waals surface area (Å²) in [5.41, 5.74) is 3.53. The van der Waals surface area contributed by atoms with Crippen molar-refractivity contribution in [3.05, 3.63) is 76.4 Å². The number of hydrogen-bond donors (Lipinski definition) is 2. The van der Waals surface area contributed by atoms with Crippen LogP contribution < -0.4 is 10.6 Å². The first-order chi connectivity index (χ1) is 11.7. The van der Waals surface area contributed by atoms with Crippen LogP contribution in [0.5, 0.6) is 0 Å². The molecule has 0 amide bonds. The molecule has 0 saturated heterocycles. The van der Waals surface area contributed by atoms with E-state index in [1.54, 1.807) is 6.20 Å². The van der Waals surface area contributed by atoms with Crippen molar-refractivity contribution in [3.8, 4) is 0 Å². The maximum atomic E-state index is 5.88. The lowest BCUT2D eigenvalue weighted by atomic mass is 10.1. The van der Waals surface area contributed by atoms with E-state index in [0.717, 1.165) is 10.6 Å². The summed E-state index contributed by atoms with van der Waals surface area (Å²) in [6, 6.07) is 16.0. The van der Waals surface area contributed by atoms with Gasteiger partial charge in [0, 0.05) is 18.1 Å². The van der Waals surface area contributed by atoms with Gasteiger partial charge < -0.3 is 10.6 Å². The molecule has 122 valence electrons. The van der Waals surface area contributed by atoms with Gasteiger partial charge in [-0.15, -0.1) is 5.10 Å². The molecule has 0 atom stereocenters. The van der Waals surface area contributed by atoms with E-state index >= 15 is 0 Å². The highest BCUT2D eigenvalue weighted by Crippen LogP contribution is 2.12. The van der Waals surface area contributed by atoms with Crippen molar-refractivity contribution in [1.82, 2.24) is 15.2 Å². The van der Waals surface area contributed by atoms with Crippen LogP contribution in [0.3, 0.4) is 0 Å². The van der Waals surface area contributed by atoms with E-state index in [1.165, 1.54) is 11.1 Å². The van der Waals surface area contributed by atoms with Crippen LogP contribution >= 0.6 is 11.6 Å². The SMILES string of the molecule is Cc1cccc(CNc2cnnc(NCc3ccc(Cl)cc3)n2)c1. The molecular formula is C18H18ClN5. The maximum absolute atomic E-state index is 5.88. The van der Waals surface area contributed by atoms with Gasteiger partial charge in [0.15, 0.2) is 5.82 Å². The second kappa shape index (κ2) is 7.75. The largest absolute Gasteiger partial charge is 0.365 e. The second-order valence-electron chi connectivity index (χ2n) is 5.49. The summed E-state index contributed by atoms with van der Waals surface area (Å²) in [6.45, 7) is 3.38. The zero-order valence-electron chi connectivity index (χ0n) is 13.3. The standard InChI is InChI=1S/C18H18ClN5/c1-13-3-2-4-15(9-13)11-20-17-12-22-24-18(23-17)21-10-14-5-7-16(19)8-6-14/h2-9,12H,10-11H2,1H3,(H2,20,21,23,24). The normalized spacial score (nSPS) is 10.4. The smallest absolute Gasteiger partial charge is 0.244 e. The van der Waals surface area contributed by atoms with E-state index in [4.69, 9.17) is 11.6 Å². The third kappa shape index (κ3) is 4.67. The van der Waals surface area contributed by atoms with E-state index in [-0.39, 0.29) is 0 Å². The highest BCUT2D eigenvalue weighted by Gasteiger charge is 2.01. The van der Waals surface area contributed by atoms with Crippen molar-refractivity contribution in [1.29, 1.82) is 0 Å². The Kier molecular flexibility index (Phi) is 5.23. The molecule has 3 rings (SSSR count). The van der Waals surface area contributed by atoms with Gasteiger partial charge in [0.1, 0.15) is 0 Å². The topological polar surface area (TPSA) is 62.7 Å².